The fourth-order valence-corrected chi connectivity index (χ4v) is 4.19. The highest BCUT2D eigenvalue weighted by molar-refractivity contribution is 7.99. The zero-order valence-electron chi connectivity index (χ0n) is 12.4. The maximum Gasteiger partial charge on any atom is 0.127 e. The first kappa shape index (κ1) is 15.2. The summed E-state index contributed by atoms with van der Waals surface area (Å²) in [5.41, 5.74) is 1.72. The Bertz CT molecular complexity index is 632. The van der Waals surface area contributed by atoms with Gasteiger partial charge in [-0.05, 0) is 57.1 Å². The van der Waals surface area contributed by atoms with Crippen LogP contribution in [0.15, 0.2) is 18.2 Å². The van der Waals surface area contributed by atoms with Gasteiger partial charge >= 0.3 is 0 Å². The number of imidazole rings is 1. The predicted molar refractivity (Wildman–Crippen MR) is 88.8 cm³/mol. The summed E-state index contributed by atoms with van der Waals surface area (Å²) < 4.78 is 15.8. The van der Waals surface area contributed by atoms with E-state index in [1.54, 1.807) is 12.1 Å². The molecule has 0 bridgehead atoms. The van der Waals surface area contributed by atoms with E-state index in [2.05, 4.69) is 15.8 Å². The maximum absolute atomic E-state index is 13.6. The smallest absolute Gasteiger partial charge is 0.127 e. The van der Waals surface area contributed by atoms with Gasteiger partial charge in [0.1, 0.15) is 11.6 Å². The molecule has 1 aromatic heterocycles. The lowest BCUT2D eigenvalue weighted by atomic mass is 9.94. The van der Waals surface area contributed by atoms with Crippen LogP contribution in [0.4, 0.5) is 4.39 Å². The van der Waals surface area contributed by atoms with Gasteiger partial charge in [-0.3, -0.25) is 0 Å². The van der Waals surface area contributed by atoms with Crippen molar-refractivity contribution >= 4 is 34.4 Å². The summed E-state index contributed by atoms with van der Waals surface area (Å²) in [7, 11) is 0. The fraction of sp³-hybridized carbons (Fsp3) is 0.562. The van der Waals surface area contributed by atoms with E-state index in [0.29, 0.717) is 6.04 Å². The minimum absolute atomic E-state index is 0.168. The van der Waals surface area contributed by atoms with Gasteiger partial charge in [-0.1, -0.05) is 0 Å². The Kier molecular flexibility index (Phi) is 4.46. The zero-order valence-corrected chi connectivity index (χ0v) is 13.9. The Morgan fingerprint density at radius 3 is 2.67 bits per heavy atom. The summed E-state index contributed by atoms with van der Waals surface area (Å²) in [6.45, 7) is 1.93. The molecule has 0 radical (unpaired) electrons. The van der Waals surface area contributed by atoms with Gasteiger partial charge in [0.25, 0.3) is 0 Å². The first-order valence-corrected chi connectivity index (χ1v) is 9.17. The zero-order chi connectivity index (χ0) is 15.0. The maximum atomic E-state index is 13.6. The van der Waals surface area contributed by atoms with Crippen molar-refractivity contribution in [2.75, 3.05) is 6.26 Å². The Hall–Kier alpha value is -0.740. The predicted octanol–water partition coefficient (Wildman–Crippen LogP) is 5.32. The van der Waals surface area contributed by atoms with Gasteiger partial charge in [-0.25, -0.2) is 9.37 Å². The number of rotatable bonds is 3. The molecule has 1 aliphatic rings. The molecule has 1 aromatic carbocycles. The summed E-state index contributed by atoms with van der Waals surface area (Å²) in [5.74, 6) is 0.653. The van der Waals surface area contributed by atoms with Crippen LogP contribution in [0, 0.1) is 5.82 Å². The topological polar surface area (TPSA) is 17.8 Å². The molecule has 0 spiro atoms. The Labute approximate surface area is 134 Å². The van der Waals surface area contributed by atoms with Crippen molar-refractivity contribution in [1.29, 1.82) is 0 Å². The summed E-state index contributed by atoms with van der Waals surface area (Å²) in [5, 5.41) is 0.586. The third-order valence-corrected chi connectivity index (χ3v) is 5.71. The number of alkyl halides is 1. The third kappa shape index (κ3) is 2.93. The van der Waals surface area contributed by atoms with Crippen LogP contribution in [0.5, 0.6) is 0 Å². The number of halogens is 2. The van der Waals surface area contributed by atoms with E-state index in [0.717, 1.165) is 34.9 Å². The minimum atomic E-state index is -0.213. The van der Waals surface area contributed by atoms with E-state index >= 15 is 0 Å². The second-order valence-corrected chi connectivity index (χ2v) is 7.55. The molecule has 114 valence electrons. The van der Waals surface area contributed by atoms with Crippen LogP contribution in [-0.2, 0) is 0 Å². The van der Waals surface area contributed by atoms with E-state index in [1.807, 2.05) is 18.7 Å². The summed E-state index contributed by atoms with van der Waals surface area (Å²) in [6.07, 6.45) is 6.82. The molecule has 1 aliphatic carbocycles. The molecular weight excluding hydrogens is 307 g/mol. The molecule has 1 atom stereocenters. The SMILES string of the molecule is CSC1CCC(n2c(C(C)Cl)nc3ccc(F)cc32)CC1. The van der Waals surface area contributed by atoms with E-state index in [9.17, 15) is 4.39 Å². The van der Waals surface area contributed by atoms with Crippen LogP contribution in [-0.4, -0.2) is 21.1 Å². The number of nitrogens with zero attached hydrogens (tertiary/aromatic N) is 2. The molecule has 0 aliphatic heterocycles. The molecule has 1 fully saturated rings. The standard InChI is InChI=1S/C16H20ClFN2S/c1-10(17)16-19-14-8-3-11(18)9-15(14)20(16)12-4-6-13(21-2)7-5-12/h3,8-10,12-13H,4-7H2,1-2H3. The monoisotopic (exact) mass is 326 g/mol. The molecule has 1 heterocycles. The van der Waals surface area contributed by atoms with Crippen LogP contribution >= 0.6 is 23.4 Å². The lowest BCUT2D eigenvalue weighted by molar-refractivity contribution is 0.358. The van der Waals surface area contributed by atoms with Crippen LogP contribution in [0.25, 0.3) is 11.0 Å². The normalized spacial score (nSPS) is 24.4. The molecule has 0 saturated heterocycles. The lowest BCUT2D eigenvalue weighted by Crippen LogP contribution is -2.21. The second-order valence-electron chi connectivity index (χ2n) is 5.76. The first-order valence-electron chi connectivity index (χ1n) is 7.44. The van der Waals surface area contributed by atoms with E-state index in [-0.39, 0.29) is 11.2 Å². The Morgan fingerprint density at radius 2 is 2.05 bits per heavy atom. The van der Waals surface area contributed by atoms with Crippen molar-refractivity contribution < 1.29 is 4.39 Å². The highest BCUT2D eigenvalue weighted by Gasteiger charge is 2.26. The van der Waals surface area contributed by atoms with E-state index in [4.69, 9.17) is 11.6 Å². The van der Waals surface area contributed by atoms with E-state index < -0.39 is 0 Å². The van der Waals surface area contributed by atoms with Gasteiger partial charge in [-0.15, -0.1) is 11.6 Å². The lowest BCUT2D eigenvalue weighted by Gasteiger charge is -2.30. The van der Waals surface area contributed by atoms with Gasteiger partial charge < -0.3 is 4.57 Å². The molecular formula is C16H20ClFN2S. The van der Waals surface area contributed by atoms with Crippen molar-refractivity contribution in [1.82, 2.24) is 9.55 Å². The molecule has 1 unspecified atom stereocenters. The van der Waals surface area contributed by atoms with Crippen LogP contribution in [0.2, 0.25) is 0 Å². The quantitative estimate of drug-likeness (QED) is 0.710. The Balaban J connectivity index is 2.03. The van der Waals surface area contributed by atoms with Crippen LogP contribution < -0.4 is 0 Å². The summed E-state index contributed by atoms with van der Waals surface area (Å²) in [4.78, 5) is 4.63. The van der Waals surface area contributed by atoms with Crippen LogP contribution in [0.1, 0.15) is 49.9 Å². The number of thioether (sulfide) groups is 1. The molecule has 1 saturated carbocycles. The number of benzene rings is 1. The van der Waals surface area contributed by atoms with Crippen molar-refractivity contribution in [3.63, 3.8) is 0 Å². The van der Waals surface area contributed by atoms with Crippen molar-refractivity contribution in [2.24, 2.45) is 0 Å². The highest BCUT2D eigenvalue weighted by Crippen LogP contribution is 2.38. The van der Waals surface area contributed by atoms with Crippen molar-refractivity contribution in [3.8, 4) is 0 Å². The number of hydrogen-bond acceptors (Lipinski definition) is 2. The molecule has 3 rings (SSSR count). The van der Waals surface area contributed by atoms with Gasteiger partial charge in [0, 0.05) is 11.3 Å². The number of fused-ring (bicyclic) bond motifs is 1. The minimum Gasteiger partial charge on any atom is -0.324 e. The fourth-order valence-electron chi connectivity index (χ4n) is 3.29. The molecule has 2 nitrogen and oxygen atoms in total. The third-order valence-electron chi connectivity index (χ3n) is 4.38. The average Bonchev–Trinajstić information content (AvgIpc) is 2.86. The summed E-state index contributed by atoms with van der Waals surface area (Å²) >= 11 is 8.26. The molecule has 21 heavy (non-hydrogen) atoms. The van der Waals surface area contributed by atoms with Crippen molar-refractivity contribution in [2.45, 2.75) is 49.3 Å². The largest absolute Gasteiger partial charge is 0.324 e. The van der Waals surface area contributed by atoms with Gasteiger partial charge in [0.05, 0.1) is 16.4 Å². The highest BCUT2D eigenvalue weighted by atomic mass is 35.5. The molecule has 0 amide bonds. The summed E-state index contributed by atoms with van der Waals surface area (Å²) in [6, 6.07) is 5.19. The Morgan fingerprint density at radius 1 is 1.33 bits per heavy atom. The van der Waals surface area contributed by atoms with Gasteiger partial charge in [-0.2, -0.15) is 11.8 Å². The van der Waals surface area contributed by atoms with Gasteiger partial charge in [0.2, 0.25) is 0 Å². The molecule has 2 aromatic rings. The van der Waals surface area contributed by atoms with E-state index in [1.165, 1.54) is 18.9 Å². The first-order chi connectivity index (χ1) is 10.1. The number of aromatic nitrogens is 2. The average molecular weight is 327 g/mol. The van der Waals surface area contributed by atoms with Crippen LogP contribution in [0.3, 0.4) is 0 Å². The second kappa shape index (κ2) is 6.17. The molecule has 5 heteroatoms. The number of hydrogen-bond donors (Lipinski definition) is 0. The van der Waals surface area contributed by atoms with Gasteiger partial charge in [0.15, 0.2) is 0 Å². The van der Waals surface area contributed by atoms with Crippen molar-refractivity contribution in [3.05, 3.63) is 29.8 Å². The molecule has 0 N–H and O–H groups in total.